The molecule has 110 valence electrons. The lowest BCUT2D eigenvalue weighted by Crippen LogP contribution is -2.31. The predicted octanol–water partition coefficient (Wildman–Crippen LogP) is 4.05. The Hall–Kier alpha value is -2.07. The van der Waals surface area contributed by atoms with Gasteiger partial charge in [0.05, 0.1) is 13.2 Å². The maximum atomic E-state index is 5.38. The zero-order valence-corrected chi connectivity index (χ0v) is 13.3. The van der Waals surface area contributed by atoms with Crippen molar-refractivity contribution in [3.8, 4) is 5.75 Å². The lowest BCUT2D eigenvalue weighted by atomic mass is 10.1. The van der Waals surface area contributed by atoms with Crippen molar-refractivity contribution >= 4 is 23.0 Å². The van der Waals surface area contributed by atoms with Crippen LogP contribution in [0.25, 0.3) is 0 Å². The van der Waals surface area contributed by atoms with Crippen LogP contribution in [0.2, 0.25) is 0 Å². The van der Waals surface area contributed by atoms with Crippen molar-refractivity contribution in [2.45, 2.75) is 19.9 Å². The van der Waals surface area contributed by atoms with E-state index in [-0.39, 0.29) is 6.04 Å². The molecule has 0 aliphatic rings. The first-order chi connectivity index (χ1) is 10.1. The number of benzene rings is 2. The van der Waals surface area contributed by atoms with Crippen LogP contribution in [-0.2, 0) is 0 Å². The maximum absolute atomic E-state index is 5.38. The van der Waals surface area contributed by atoms with Gasteiger partial charge in [-0.2, -0.15) is 0 Å². The van der Waals surface area contributed by atoms with Gasteiger partial charge in [-0.05, 0) is 55.4 Å². The fourth-order valence-corrected chi connectivity index (χ4v) is 2.37. The van der Waals surface area contributed by atoms with Crippen LogP contribution in [0.4, 0.5) is 5.69 Å². The molecule has 21 heavy (non-hydrogen) atoms. The van der Waals surface area contributed by atoms with Crippen LogP contribution in [0.5, 0.6) is 5.75 Å². The van der Waals surface area contributed by atoms with Gasteiger partial charge in [0.2, 0.25) is 0 Å². The van der Waals surface area contributed by atoms with Crippen LogP contribution >= 0.6 is 12.2 Å². The van der Waals surface area contributed by atoms with E-state index in [9.17, 15) is 0 Å². The fraction of sp³-hybridized carbons (Fsp3) is 0.235. The molecule has 1 atom stereocenters. The summed E-state index contributed by atoms with van der Waals surface area (Å²) in [5, 5.41) is 7.13. The summed E-state index contributed by atoms with van der Waals surface area (Å²) in [5.74, 6) is 0.842. The van der Waals surface area contributed by atoms with E-state index in [0.717, 1.165) is 17.0 Å². The second-order valence-electron chi connectivity index (χ2n) is 4.91. The van der Waals surface area contributed by atoms with E-state index in [1.807, 2.05) is 43.3 Å². The molecule has 2 aromatic rings. The molecule has 4 heteroatoms. The molecule has 2 aromatic carbocycles. The lowest BCUT2D eigenvalue weighted by molar-refractivity contribution is 0.414. The largest absolute Gasteiger partial charge is 0.497 e. The smallest absolute Gasteiger partial charge is 0.171 e. The van der Waals surface area contributed by atoms with Gasteiger partial charge in [0.15, 0.2) is 5.11 Å². The summed E-state index contributed by atoms with van der Waals surface area (Å²) in [7, 11) is 1.66. The maximum Gasteiger partial charge on any atom is 0.171 e. The number of aryl methyl sites for hydroxylation is 1. The van der Waals surface area contributed by atoms with E-state index in [2.05, 4.69) is 29.7 Å². The Morgan fingerprint density at radius 1 is 1.14 bits per heavy atom. The van der Waals surface area contributed by atoms with Crippen LogP contribution in [0, 0.1) is 6.92 Å². The first-order valence-corrected chi connectivity index (χ1v) is 7.28. The highest BCUT2D eigenvalue weighted by Gasteiger charge is 2.07. The Bertz CT molecular complexity index is 613. The van der Waals surface area contributed by atoms with E-state index in [4.69, 9.17) is 17.0 Å². The molecule has 3 nitrogen and oxygen atoms in total. The minimum Gasteiger partial charge on any atom is -0.497 e. The fourth-order valence-electron chi connectivity index (χ4n) is 2.08. The van der Waals surface area contributed by atoms with Crippen molar-refractivity contribution < 1.29 is 4.74 Å². The topological polar surface area (TPSA) is 33.3 Å². The average molecular weight is 300 g/mol. The molecule has 0 aliphatic carbocycles. The normalized spacial score (nSPS) is 11.6. The standard InChI is InChI=1S/C17H20N2OS/c1-12-11-15(20-3)9-10-16(12)19-17(21)18-13(2)14-7-5-4-6-8-14/h4-11,13H,1-3H3,(H2,18,19,21). The van der Waals surface area contributed by atoms with Gasteiger partial charge in [0.1, 0.15) is 5.75 Å². The SMILES string of the molecule is COc1ccc(NC(=S)NC(C)c2ccccc2)c(C)c1. The molecule has 0 radical (unpaired) electrons. The Morgan fingerprint density at radius 3 is 2.48 bits per heavy atom. The Balaban J connectivity index is 1.99. The van der Waals surface area contributed by atoms with Gasteiger partial charge in [-0.1, -0.05) is 30.3 Å². The van der Waals surface area contributed by atoms with Gasteiger partial charge in [0, 0.05) is 5.69 Å². The second kappa shape index (κ2) is 7.09. The van der Waals surface area contributed by atoms with Gasteiger partial charge >= 0.3 is 0 Å². The summed E-state index contributed by atoms with van der Waals surface area (Å²) < 4.78 is 5.20. The number of hydrogen-bond donors (Lipinski definition) is 2. The molecule has 0 saturated heterocycles. The van der Waals surface area contributed by atoms with Crippen LogP contribution < -0.4 is 15.4 Å². The van der Waals surface area contributed by atoms with Gasteiger partial charge in [-0.15, -0.1) is 0 Å². The van der Waals surface area contributed by atoms with Crippen molar-refractivity contribution in [2.75, 3.05) is 12.4 Å². The summed E-state index contributed by atoms with van der Waals surface area (Å²) in [4.78, 5) is 0. The molecule has 0 spiro atoms. The quantitative estimate of drug-likeness (QED) is 0.835. The van der Waals surface area contributed by atoms with Crippen molar-refractivity contribution in [3.63, 3.8) is 0 Å². The molecule has 2 N–H and O–H groups in total. The molecule has 0 aromatic heterocycles. The molecule has 0 saturated carbocycles. The molecular weight excluding hydrogens is 280 g/mol. The third kappa shape index (κ3) is 4.20. The minimum absolute atomic E-state index is 0.157. The minimum atomic E-state index is 0.157. The second-order valence-corrected chi connectivity index (χ2v) is 5.32. The summed E-state index contributed by atoms with van der Waals surface area (Å²) in [5.41, 5.74) is 3.27. The highest BCUT2D eigenvalue weighted by Crippen LogP contribution is 2.21. The highest BCUT2D eigenvalue weighted by atomic mass is 32.1. The average Bonchev–Trinajstić information content (AvgIpc) is 2.50. The first-order valence-electron chi connectivity index (χ1n) is 6.87. The van der Waals surface area contributed by atoms with E-state index < -0.39 is 0 Å². The van der Waals surface area contributed by atoms with Crippen LogP contribution in [0.3, 0.4) is 0 Å². The Labute approximate surface area is 131 Å². The third-order valence-electron chi connectivity index (χ3n) is 3.33. The number of nitrogens with one attached hydrogen (secondary N) is 2. The van der Waals surface area contributed by atoms with E-state index in [1.54, 1.807) is 7.11 Å². The predicted molar refractivity (Wildman–Crippen MR) is 91.9 cm³/mol. The van der Waals surface area contributed by atoms with Crippen molar-refractivity contribution in [1.29, 1.82) is 0 Å². The van der Waals surface area contributed by atoms with E-state index >= 15 is 0 Å². The van der Waals surface area contributed by atoms with E-state index in [1.165, 1.54) is 5.56 Å². The number of thiocarbonyl (C=S) groups is 1. The lowest BCUT2D eigenvalue weighted by Gasteiger charge is -2.18. The zero-order chi connectivity index (χ0) is 15.2. The van der Waals surface area contributed by atoms with E-state index in [0.29, 0.717) is 5.11 Å². The number of methoxy groups -OCH3 is 1. The van der Waals surface area contributed by atoms with Crippen molar-refractivity contribution in [2.24, 2.45) is 0 Å². The first kappa shape index (κ1) is 15.3. The molecule has 0 bridgehead atoms. The molecule has 0 amide bonds. The Morgan fingerprint density at radius 2 is 1.86 bits per heavy atom. The number of hydrogen-bond acceptors (Lipinski definition) is 2. The molecule has 0 aliphatic heterocycles. The Kier molecular flexibility index (Phi) is 5.17. The van der Waals surface area contributed by atoms with Crippen molar-refractivity contribution in [1.82, 2.24) is 5.32 Å². The molecule has 1 unspecified atom stereocenters. The highest BCUT2D eigenvalue weighted by molar-refractivity contribution is 7.80. The molecule has 2 rings (SSSR count). The molecular formula is C17H20N2OS. The number of rotatable bonds is 4. The van der Waals surface area contributed by atoms with Gasteiger partial charge < -0.3 is 15.4 Å². The van der Waals surface area contributed by atoms with Crippen molar-refractivity contribution in [3.05, 3.63) is 59.7 Å². The van der Waals surface area contributed by atoms with Gasteiger partial charge in [-0.25, -0.2) is 0 Å². The summed E-state index contributed by atoms with van der Waals surface area (Å²) in [6, 6.07) is 16.2. The van der Waals surface area contributed by atoms with Crippen LogP contribution in [-0.4, -0.2) is 12.2 Å². The number of ether oxygens (including phenoxy) is 1. The van der Waals surface area contributed by atoms with Gasteiger partial charge in [-0.3, -0.25) is 0 Å². The number of anilines is 1. The van der Waals surface area contributed by atoms with Gasteiger partial charge in [0.25, 0.3) is 0 Å². The summed E-state index contributed by atoms with van der Waals surface area (Å²) in [6.07, 6.45) is 0. The zero-order valence-electron chi connectivity index (χ0n) is 12.5. The van der Waals surface area contributed by atoms with Crippen LogP contribution in [0.15, 0.2) is 48.5 Å². The van der Waals surface area contributed by atoms with Crippen LogP contribution in [0.1, 0.15) is 24.1 Å². The molecule has 0 heterocycles. The monoisotopic (exact) mass is 300 g/mol. The third-order valence-corrected chi connectivity index (χ3v) is 3.55. The summed E-state index contributed by atoms with van der Waals surface area (Å²) in [6.45, 7) is 4.11. The molecule has 0 fully saturated rings. The summed E-state index contributed by atoms with van der Waals surface area (Å²) >= 11 is 5.38.